The molecule has 0 N–H and O–H groups in total. The van der Waals surface area contributed by atoms with E-state index in [-0.39, 0.29) is 5.38 Å². The molecule has 0 heterocycles. The van der Waals surface area contributed by atoms with Gasteiger partial charge in [0.1, 0.15) is 0 Å². The average molecular weight is 270 g/mol. The summed E-state index contributed by atoms with van der Waals surface area (Å²) in [5.41, 5.74) is 1.19. The Morgan fingerprint density at radius 1 is 1.07 bits per heavy atom. The van der Waals surface area contributed by atoms with Crippen molar-refractivity contribution in [1.29, 1.82) is 0 Å². The van der Waals surface area contributed by atoms with Crippen molar-refractivity contribution in [2.75, 3.05) is 0 Å². The molecule has 14 heavy (non-hydrogen) atoms. The third kappa shape index (κ3) is 1.67. The summed E-state index contributed by atoms with van der Waals surface area (Å²) in [6.45, 7) is 2.00. The van der Waals surface area contributed by atoms with Crippen LogP contribution in [0.1, 0.15) is 17.9 Å². The van der Waals surface area contributed by atoms with Crippen LogP contribution in [-0.2, 0) is 0 Å². The Hall–Kier alpha value is -0.530. The van der Waals surface area contributed by atoms with Gasteiger partial charge in [0.2, 0.25) is 0 Å². The number of hydrogen-bond donors (Lipinski definition) is 0. The molecule has 2 heteroatoms. The second-order valence-electron chi connectivity index (χ2n) is 3.30. The summed E-state index contributed by atoms with van der Waals surface area (Å²) in [4.78, 5) is 0. The maximum Gasteiger partial charge on any atom is 0.0563 e. The summed E-state index contributed by atoms with van der Waals surface area (Å²) < 4.78 is 1.12. The van der Waals surface area contributed by atoms with Crippen LogP contribution < -0.4 is 0 Å². The van der Waals surface area contributed by atoms with Crippen molar-refractivity contribution < 1.29 is 0 Å². The number of alkyl halides is 1. The molecule has 0 spiro atoms. The summed E-state index contributed by atoms with van der Waals surface area (Å²) in [7, 11) is 0. The first-order valence-corrected chi connectivity index (χ1v) is 5.74. The topological polar surface area (TPSA) is 0 Å². The van der Waals surface area contributed by atoms with Gasteiger partial charge in [0.15, 0.2) is 0 Å². The molecule has 1 atom stereocenters. The first-order chi connectivity index (χ1) is 6.70. The molecule has 2 aromatic rings. The average Bonchev–Trinajstić information content (AvgIpc) is 2.18. The van der Waals surface area contributed by atoms with Gasteiger partial charge in [-0.1, -0.05) is 46.3 Å². The maximum atomic E-state index is 6.12. The zero-order chi connectivity index (χ0) is 10.1. The molecule has 2 rings (SSSR count). The van der Waals surface area contributed by atoms with E-state index in [1.165, 1.54) is 16.3 Å². The van der Waals surface area contributed by atoms with Crippen molar-refractivity contribution in [2.24, 2.45) is 0 Å². The quantitative estimate of drug-likeness (QED) is 0.646. The van der Waals surface area contributed by atoms with E-state index in [0.29, 0.717) is 0 Å². The Morgan fingerprint density at radius 2 is 1.71 bits per heavy atom. The fourth-order valence-corrected chi connectivity index (χ4v) is 2.30. The predicted molar refractivity (Wildman–Crippen MR) is 65.9 cm³/mol. The third-order valence-electron chi connectivity index (χ3n) is 2.33. The molecular formula is C12H10BrCl. The summed E-state index contributed by atoms with van der Waals surface area (Å²) in [5.74, 6) is 0. The van der Waals surface area contributed by atoms with Gasteiger partial charge in [-0.25, -0.2) is 0 Å². The van der Waals surface area contributed by atoms with Gasteiger partial charge in [0.25, 0.3) is 0 Å². The highest BCUT2D eigenvalue weighted by Gasteiger charge is 2.07. The summed E-state index contributed by atoms with van der Waals surface area (Å²) >= 11 is 9.66. The van der Waals surface area contributed by atoms with Gasteiger partial charge < -0.3 is 0 Å². The first-order valence-electron chi connectivity index (χ1n) is 4.51. The van der Waals surface area contributed by atoms with Gasteiger partial charge in [-0.05, 0) is 29.3 Å². The predicted octanol–water partition coefficient (Wildman–Crippen LogP) is 4.90. The Bertz CT molecular complexity index is 463. The number of hydrogen-bond acceptors (Lipinski definition) is 0. The van der Waals surface area contributed by atoms with Gasteiger partial charge in [-0.3, -0.25) is 0 Å². The van der Waals surface area contributed by atoms with Crippen LogP contribution in [0.25, 0.3) is 10.8 Å². The third-order valence-corrected chi connectivity index (χ3v) is 3.26. The van der Waals surface area contributed by atoms with Crippen LogP contribution in [0.15, 0.2) is 40.9 Å². The largest absolute Gasteiger partial charge is 0.118 e. The molecule has 0 amide bonds. The van der Waals surface area contributed by atoms with Gasteiger partial charge in [-0.15, -0.1) is 11.6 Å². The van der Waals surface area contributed by atoms with Crippen LogP contribution in [0.3, 0.4) is 0 Å². The second kappa shape index (κ2) is 3.92. The molecule has 0 aliphatic heterocycles. The molecule has 72 valence electrons. The van der Waals surface area contributed by atoms with Crippen LogP contribution in [0.4, 0.5) is 0 Å². The van der Waals surface area contributed by atoms with E-state index >= 15 is 0 Å². The van der Waals surface area contributed by atoms with Gasteiger partial charge in [0, 0.05) is 4.47 Å². The van der Waals surface area contributed by atoms with Crippen LogP contribution in [0, 0.1) is 0 Å². The van der Waals surface area contributed by atoms with E-state index in [1.54, 1.807) is 0 Å². The molecule has 1 unspecified atom stereocenters. The Kier molecular flexibility index (Phi) is 2.80. The van der Waals surface area contributed by atoms with E-state index in [2.05, 4.69) is 40.2 Å². The monoisotopic (exact) mass is 268 g/mol. The van der Waals surface area contributed by atoms with Crippen molar-refractivity contribution in [3.05, 3.63) is 46.4 Å². The zero-order valence-electron chi connectivity index (χ0n) is 7.80. The highest BCUT2D eigenvalue weighted by atomic mass is 79.9. The number of fused-ring (bicyclic) bond motifs is 1. The van der Waals surface area contributed by atoms with Crippen LogP contribution in [-0.4, -0.2) is 0 Å². The van der Waals surface area contributed by atoms with E-state index in [1.807, 2.05) is 19.1 Å². The SMILES string of the molecule is CC(Cl)c1ccc(Br)c2ccccc12. The fraction of sp³-hybridized carbons (Fsp3) is 0.167. The van der Waals surface area contributed by atoms with E-state index < -0.39 is 0 Å². The smallest absolute Gasteiger partial charge is 0.0563 e. The maximum absolute atomic E-state index is 6.12. The van der Waals surface area contributed by atoms with Crippen molar-refractivity contribution in [2.45, 2.75) is 12.3 Å². The lowest BCUT2D eigenvalue weighted by Crippen LogP contribution is -1.87. The normalized spacial score (nSPS) is 13.1. The first kappa shape index (κ1) is 10.0. The van der Waals surface area contributed by atoms with E-state index in [0.717, 1.165) is 4.47 Å². The minimum Gasteiger partial charge on any atom is -0.118 e. The summed E-state index contributed by atoms with van der Waals surface area (Å²) in [6.07, 6.45) is 0. The minimum atomic E-state index is 0.0491. The fourth-order valence-electron chi connectivity index (χ4n) is 1.63. The molecule has 0 aromatic heterocycles. The number of rotatable bonds is 1. The molecule has 0 aliphatic carbocycles. The minimum absolute atomic E-state index is 0.0491. The number of halogens is 2. The highest BCUT2D eigenvalue weighted by molar-refractivity contribution is 9.10. The zero-order valence-corrected chi connectivity index (χ0v) is 10.1. The number of benzene rings is 2. The molecule has 0 radical (unpaired) electrons. The molecule has 0 fully saturated rings. The Morgan fingerprint density at radius 3 is 2.36 bits per heavy atom. The summed E-state index contributed by atoms with van der Waals surface area (Å²) in [6, 6.07) is 12.4. The van der Waals surface area contributed by atoms with Crippen LogP contribution >= 0.6 is 27.5 Å². The van der Waals surface area contributed by atoms with Crippen LogP contribution in [0.2, 0.25) is 0 Å². The second-order valence-corrected chi connectivity index (χ2v) is 4.81. The summed E-state index contributed by atoms with van der Waals surface area (Å²) in [5, 5.41) is 2.50. The standard InChI is InChI=1S/C12H10BrCl/c1-8(14)9-6-7-12(13)11-5-3-2-4-10(9)11/h2-8H,1H3. The van der Waals surface area contributed by atoms with Crippen molar-refractivity contribution >= 4 is 38.3 Å². The molecule has 0 aliphatic rings. The lowest BCUT2D eigenvalue weighted by atomic mass is 10.0. The Balaban J connectivity index is 2.82. The van der Waals surface area contributed by atoms with Crippen molar-refractivity contribution in [1.82, 2.24) is 0 Å². The van der Waals surface area contributed by atoms with Gasteiger partial charge in [0.05, 0.1) is 5.38 Å². The lowest BCUT2D eigenvalue weighted by Gasteiger charge is -2.09. The molecule has 0 saturated carbocycles. The van der Waals surface area contributed by atoms with Crippen molar-refractivity contribution in [3.63, 3.8) is 0 Å². The van der Waals surface area contributed by atoms with E-state index in [9.17, 15) is 0 Å². The van der Waals surface area contributed by atoms with Gasteiger partial charge >= 0.3 is 0 Å². The van der Waals surface area contributed by atoms with Gasteiger partial charge in [-0.2, -0.15) is 0 Å². The Labute approximate surface area is 97.0 Å². The molecule has 0 nitrogen and oxygen atoms in total. The highest BCUT2D eigenvalue weighted by Crippen LogP contribution is 2.32. The molecule has 0 saturated heterocycles. The van der Waals surface area contributed by atoms with Crippen molar-refractivity contribution in [3.8, 4) is 0 Å². The molecule has 2 aromatic carbocycles. The molecular weight excluding hydrogens is 259 g/mol. The lowest BCUT2D eigenvalue weighted by molar-refractivity contribution is 1.10. The molecule has 0 bridgehead atoms. The van der Waals surface area contributed by atoms with Crippen LogP contribution in [0.5, 0.6) is 0 Å². The van der Waals surface area contributed by atoms with E-state index in [4.69, 9.17) is 11.6 Å².